The third-order valence-corrected chi connectivity index (χ3v) is 10.2. The summed E-state index contributed by atoms with van der Waals surface area (Å²) in [7, 11) is -1.27. The van der Waals surface area contributed by atoms with Gasteiger partial charge in [-0.3, -0.25) is 4.90 Å². The minimum atomic E-state index is -2.90. The molecule has 0 aliphatic carbocycles. The summed E-state index contributed by atoms with van der Waals surface area (Å²) in [5, 5.41) is 11.8. The second kappa shape index (κ2) is 10.3. The van der Waals surface area contributed by atoms with Crippen molar-refractivity contribution in [1.82, 2.24) is 23.7 Å². The molecule has 5 rings (SSSR count). The van der Waals surface area contributed by atoms with E-state index < -0.39 is 15.9 Å². The van der Waals surface area contributed by atoms with Gasteiger partial charge in [0.15, 0.2) is 5.82 Å². The number of para-hydroxylation sites is 1. The molecule has 3 aromatic rings. The van der Waals surface area contributed by atoms with Gasteiger partial charge in [0.25, 0.3) is 0 Å². The van der Waals surface area contributed by atoms with Crippen LogP contribution in [0.15, 0.2) is 24.4 Å². The Morgan fingerprint density at radius 2 is 1.94 bits per heavy atom. The van der Waals surface area contributed by atoms with Gasteiger partial charge in [-0.15, -0.1) is 0 Å². The third kappa shape index (κ3) is 5.39. The molecule has 1 N–H and O–H groups in total. The zero-order valence-electron chi connectivity index (χ0n) is 20.1. The highest BCUT2D eigenvalue weighted by molar-refractivity contribution is 7.91. The van der Waals surface area contributed by atoms with E-state index >= 15 is 0 Å². The lowest BCUT2D eigenvalue weighted by Crippen LogP contribution is -2.44. The Kier molecular flexibility index (Phi) is 7.26. The number of hydrogen-bond acceptors (Lipinski definition) is 7. The molecule has 4 heterocycles. The van der Waals surface area contributed by atoms with Crippen LogP contribution in [0, 0.1) is 5.92 Å². The zero-order chi connectivity index (χ0) is 25.4. The molecule has 0 atom stereocenters. The molecule has 36 heavy (non-hydrogen) atoms. The van der Waals surface area contributed by atoms with Crippen LogP contribution in [0.2, 0.25) is 5.02 Å². The number of rotatable bonds is 6. The van der Waals surface area contributed by atoms with E-state index in [-0.39, 0.29) is 23.5 Å². The minimum absolute atomic E-state index is 0.0591. The van der Waals surface area contributed by atoms with Crippen molar-refractivity contribution in [3.8, 4) is 11.4 Å². The first-order valence-electron chi connectivity index (χ1n) is 12.2. The minimum Gasteiger partial charge on any atom is -0.465 e. The summed E-state index contributed by atoms with van der Waals surface area (Å²) in [6.07, 6.45) is 4.12. The predicted octanol–water partition coefficient (Wildman–Crippen LogP) is 4.21. The Labute approximate surface area is 219 Å². The molecule has 1 amide bonds. The molecule has 9 nitrogen and oxygen atoms in total. The summed E-state index contributed by atoms with van der Waals surface area (Å²) >= 11 is 8.00. The largest absolute Gasteiger partial charge is 0.465 e. The first-order valence-corrected chi connectivity index (χ1v) is 15.2. The van der Waals surface area contributed by atoms with Crippen LogP contribution < -0.4 is 0 Å². The number of halogens is 1. The van der Waals surface area contributed by atoms with Crippen molar-refractivity contribution >= 4 is 50.0 Å². The van der Waals surface area contributed by atoms with Gasteiger partial charge in [0.2, 0.25) is 0 Å². The quantitative estimate of drug-likeness (QED) is 0.488. The van der Waals surface area contributed by atoms with Crippen LogP contribution in [-0.4, -0.2) is 81.0 Å². The van der Waals surface area contributed by atoms with E-state index in [2.05, 4.69) is 20.0 Å². The fourth-order valence-electron chi connectivity index (χ4n) is 5.28. The van der Waals surface area contributed by atoms with Crippen molar-refractivity contribution in [3.63, 3.8) is 0 Å². The van der Waals surface area contributed by atoms with Gasteiger partial charge >= 0.3 is 6.09 Å². The smallest absolute Gasteiger partial charge is 0.407 e. The maximum absolute atomic E-state index is 11.8. The van der Waals surface area contributed by atoms with Gasteiger partial charge in [0, 0.05) is 49.9 Å². The standard InChI is InChI=1S/C24H30ClN5O4S2/c1-28(24(31)32)17-5-9-29(10-6-17)15-21-26-23(27-35-21)19-14-30(22-18(19)3-2-4-20(22)25)13-16-7-11-36(33,34)12-8-16/h2-4,14,16-17H,5-13,15H2,1H3,(H,31,32). The van der Waals surface area contributed by atoms with Crippen molar-refractivity contribution in [2.24, 2.45) is 5.92 Å². The van der Waals surface area contributed by atoms with Crippen LogP contribution >= 0.6 is 23.1 Å². The summed E-state index contributed by atoms with van der Waals surface area (Å²) in [4.78, 5) is 19.8. The maximum Gasteiger partial charge on any atom is 0.407 e. The van der Waals surface area contributed by atoms with Crippen LogP contribution in [-0.2, 0) is 22.9 Å². The number of carbonyl (C=O) groups is 1. The molecule has 2 aromatic heterocycles. The molecule has 2 saturated heterocycles. The van der Waals surface area contributed by atoms with Crippen molar-refractivity contribution in [2.75, 3.05) is 31.6 Å². The van der Waals surface area contributed by atoms with Crippen LogP contribution in [0.3, 0.4) is 0 Å². The number of fused-ring (bicyclic) bond motifs is 1. The topological polar surface area (TPSA) is 109 Å². The molecule has 1 aromatic carbocycles. The number of carboxylic acid groups (broad SMARTS) is 1. The molecule has 194 valence electrons. The Morgan fingerprint density at radius 1 is 1.22 bits per heavy atom. The lowest BCUT2D eigenvalue weighted by Gasteiger charge is -2.35. The van der Waals surface area contributed by atoms with E-state index in [0.717, 1.165) is 47.4 Å². The molecular weight excluding hydrogens is 522 g/mol. The summed E-state index contributed by atoms with van der Waals surface area (Å²) < 4.78 is 30.5. The Hall–Kier alpha value is -2.21. The summed E-state index contributed by atoms with van der Waals surface area (Å²) in [5.74, 6) is 1.46. The summed E-state index contributed by atoms with van der Waals surface area (Å²) in [6, 6.07) is 5.89. The molecule has 0 bridgehead atoms. The molecule has 12 heteroatoms. The van der Waals surface area contributed by atoms with E-state index in [0.29, 0.717) is 36.8 Å². The third-order valence-electron chi connectivity index (χ3n) is 7.45. The Morgan fingerprint density at radius 3 is 2.64 bits per heavy atom. The van der Waals surface area contributed by atoms with Gasteiger partial charge in [-0.05, 0) is 49.2 Å². The van der Waals surface area contributed by atoms with Gasteiger partial charge in [-0.1, -0.05) is 23.7 Å². The van der Waals surface area contributed by atoms with Crippen molar-refractivity contribution in [1.29, 1.82) is 0 Å². The Bertz CT molecular complexity index is 1350. The second-order valence-corrected chi connectivity index (χ2v) is 13.4. The lowest BCUT2D eigenvalue weighted by molar-refractivity contribution is 0.103. The van der Waals surface area contributed by atoms with Crippen molar-refractivity contribution in [2.45, 2.75) is 44.8 Å². The number of nitrogens with zero attached hydrogens (tertiary/aromatic N) is 5. The average Bonchev–Trinajstić information content (AvgIpc) is 3.45. The molecule has 0 spiro atoms. The number of benzene rings is 1. The Balaban J connectivity index is 1.32. The molecule has 2 aliphatic heterocycles. The number of aromatic nitrogens is 3. The fraction of sp³-hybridized carbons (Fsp3) is 0.542. The normalized spacial score (nSPS) is 19.6. The van der Waals surface area contributed by atoms with Crippen LogP contribution in [0.1, 0.15) is 30.7 Å². The second-order valence-electron chi connectivity index (χ2n) is 9.84. The highest BCUT2D eigenvalue weighted by Crippen LogP contribution is 2.35. The molecule has 0 saturated carbocycles. The molecule has 2 fully saturated rings. The lowest BCUT2D eigenvalue weighted by atomic mass is 10.0. The van der Waals surface area contributed by atoms with E-state index in [4.69, 9.17) is 16.6 Å². The van der Waals surface area contributed by atoms with Crippen molar-refractivity contribution in [3.05, 3.63) is 34.4 Å². The van der Waals surface area contributed by atoms with Gasteiger partial charge in [-0.25, -0.2) is 18.2 Å². The number of piperidine rings is 1. The molecular formula is C24H30ClN5O4S2. The van der Waals surface area contributed by atoms with Crippen molar-refractivity contribution < 1.29 is 18.3 Å². The first-order chi connectivity index (χ1) is 17.2. The van der Waals surface area contributed by atoms with Gasteiger partial charge in [0.1, 0.15) is 14.8 Å². The van der Waals surface area contributed by atoms with Crippen LogP contribution in [0.25, 0.3) is 22.3 Å². The number of sulfone groups is 1. The zero-order valence-corrected chi connectivity index (χ0v) is 22.5. The molecule has 2 aliphatic rings. The summed E-state index contributed by atoms with van der Waals surface area (Å²) in [5.41, 5.74) is 1.86. The van der Waals surface area contributed by atoms with E-state index in [1.165, 1.54) is 16.4 Å². The number of hydrogen-bond donors (Lipinski definition) is 1. The van der Waals surface area contributed by atoms with Gasteiger partial charge < -0.3 is 14.6 Å². The molecule has 0 radical (unpaired) electrons. The highest BCUT2D eigenvalue weighted by Gasteiger charge is 2.27. The van der Waals surface area contributed by atoms with Gasteiger partial charge in [0.05, 0.1) is 28.6 Å². The van der Waals surface area contributed by atoms with Gasteiger partial charge in [-0.2, -0.15) is 4.37 Å². The maximum atomic E-state index is 11.8. The van der Waals surface area contributed by atoms with E-state index in [9.17, 15) is 18.3 Å². The van der Waals surface area contributed by atoms with Crippen LogP contribution in [0.4, 0.5) is 4.79 Å². The monoisotopic (exact) mass is 551 g/mol. The highest BCUT2D eigenvalue weighted by atomic mass is 35.5. The predicted molar refractivity (Wildman–Crippen MR) is 141 cm³/mol. The fourth-order valence-corrected chi connectivity index (χ4v) is 7.85. The number of likely N-dealkylation sites (tertiary alicyclic amines) is 1. The number of amides is 1. The van der Waals surface area contributed by atoms with Crippen LogP contribution in [0.5, 0.6) is 0 Å². The SMILES string of the molecule is CN(C(=O)O)C1CCN(Cc2nc(-c3cn(CC4CCS(=O)(=O)CC4)c4c(Cl)cccc34)ns2)CC1. The van der Waals surface area contributed by atoms with E-state index in [1.54, 1.807) is 7.05 Å². The molecule has 0 unspecified atom stereocenters. The first kappa shape index (κ1) is 25.4. The van der Waals surface area contributed by atoms with E-state index in [1.807, 2.05) is 18.2 Å². The average molecular weight is 552 g/mol. The summed E-state index contributed by atoms with van der Waals surface area (Å²) in [6.45, 7) is 3.05.